The van der Waals surface area contributed by atoms with Crippen molar-refractivity contribution in [1.82, 2.24) is 0 Å². The van der Waals surface area contributed by atoms with Crippen molar-refractivity contribution in [2.45, 2.75) is 13.2 Å². The highest BCUT2D eigenvalue weighted by Gasteiger charge is 2.09. The monoisotopic (exact) mass is 292 g/mol. The van der Waals surface area contributed by atoms with Crippen LogP contribution in [0.2, 0.25) is 5.02 Å². The molecule has 0 aliphatic carbocycles. The van der Waals surface area contributed by atoms with Gasteiger partial charge in [-0.25, -0.2) is 0 Å². The summed E-state index contributed by atoms with van der Waals surface area (Å²) < 4.78 is 0. The fraction of sp³-hybridized carbons (Fsp3) is 0.143. The van der Waals surface area contributed by atoms with Gasteiger partial charge in [0.15, 0.2) is 0 Å². The van der Waals surface area contributed by atoms with Gasteiger partial charge < -0.3 is 10.4 Å². The summed E-state index contributed by atoms with van der Waals surface area (Å²) >= 11 is 6.00. The zero-order chi connectivity index (χ0) is 14.5. The number of benzene rings is 2. The van der Waals surface area contributed by atoms with Crippen LogP contribution in [-0.2, 0) is 13.2 Å². The third-order valence-corrected chi connectivity index (χ3v) is 3.23. The van der Waals surface area contributed by atoms with E-state index in [0.29, 0.717) is 17.3 Å². The molecule has 0 aliphatic heterocycles. The molecule has 0 aromatic heterocycles. The maximum absolute atomic E-state index is 10.6. The lowest BCUT2D eigenvalue weighted by atomic mass is 10.1. The van der Waals surface area contributed by atoms with Gasteiger partial charge in [0.1, 0.15) is 0 Å². The van der Waals surface area contributed by atoms with E-state index in [4.69, 9.17) is 11.6 Å². The van der Waals surface area contributed by atoms with E-state index < -0.39 is 4.92 Å². The standard InChI is InChI=1S/C14H13ClN2O3/c15-13-7-12(17(19)20)5-6-14(13)16-8-10-3-1-2-4-11(10)9-18/h1-7,16,18H,8-9H2. The van der Waals surface area contributed by atoms with Crippen molar-refractivity contribution >= 4 is 23.0 Å². The van der Waals surface area contributed by atoms with E-state index in [1.54, 1.807) is 6.07 Å². The Morgan fingerprint density at radius 3 is 2.50 bits per heavy atom. The molecular formula is C14H13ClN2O3. The van der Waals surface area contributed by atoms with Gasteiger partial charge in [-0.2, -0.15) is 0 Å². The zero-order valence-electron chi connectivity index (χ0n) is 10.5. The molecule has 6 heteroatoms. The van der Waals surface area contributed by atoms with E-state index in [2.05, 4.69) is 5.32 Å². The second-order valence-electron chi connectivity index (χ2n) is 4.20. The first-order valence-corrected chi connectivity index (χ1v) is 6.35. The highest BCUT2D eigenvalue weighted by atomic mass is 35.5. The minimum atomic E-state index is -0.489. The lowest BCUT2D eigenvalue weighted by Crippen LogP contribution is -2.03. The average Bonchev–Trinajstić information content (AvgIpc) is 2.46. The topological polar surface area (TPSA) is 75.4 Å². The van der Waals surface area contributed by atoms with E-state index in [9.17, 15) is 15.2 Å². The van der Waals surface area contributed by atoms with Crippen LogP contribution in [0.5, 0.6) is 0 Å². The third-order valence-electron chi connectivity index (χ3n) is 2.92. The molecule has 0 radical (unpaired) electrons. The number of anilines is 1. The predicted octanol–water partition coefficient (Wildman–Crippen LogP) is 3.35. The number of nitro groups is 1. The molecule has 2 aromatic carbocycles. The smallest absolute Gasteiger partial charge is 0.271 e. The molecule has 0 saturated heterocycles. The molecule has 0 amide bonds. The Morgan fingerprint density at radius 2 is 1.90 bits per heavy atom. The molecule has 0 heterocycles. The van der Waals surface area contributed by atoms with Gasteiger partial charge >= 0.3 is 0 Å². The number of hydrogen-bond acceptors (Lipinski definition) is 4. The fourth-order valence-electron chi connectivity index (χ4n) is 1.84. The van der Waals surface area contributed by atoms with Crippen LogP contribution < -0.4 is 5.32 Å². The first-order chi connectivity index (χ1) is 9.61. The molecular weight excluding hydrogens is 280 g/mol. The van der Waals surface area contributed by atoms with E-state index in [-0.39, 0.29) is 12.3 Å². The summed E-state index contributed by atoms with van der Waals surface area (Å²) in [6.45, 7) is 0.445. The minimum Gasteiger partial charge on any atom is -0.392 e. The number of nitro benzene ring substituents is 1. The molecule has 2 aromatic rings. The number of aliphatic hydroxyl groups excluding tert-OH is 1. The van der Waals surface area contributed by atoms with E-state index >= 15 is 0 Å². The molecule has 2 N–H and O–H groups in total. The molecule has 2 rings (SSSR count). The van der Waals surface area contributed by atoms with Crippen LogP contribution in [0.4, 0.5) is 11.4 Å². The third kappa shape index (κ3) is 3.26. The molecule has 5 nitrogen and oxygen atoms in total. The van der Waals surface area contributed by atoms with Gasteiger partial charge in [-0.1, -0.05) is 35.9 Å². The predicted molar refractivity (Wildman–Crippen MR) is 77.8 cm³/mol. The van der Waals surface area contributed by atoms with Crippen molar-refractivity contribution < 1.29 is 10.0 Å². The summed E-state index contributed by atoms with van der Waals surface area (Å²) in [7, 11) is 0. The molecule has 0 aliphatic rings. The van der Waals surface area contributed by atoms with Crippen LogP contribution in [-0.4, -0.2) is 10.0 Å². The van der Waals surface area contributed by atoms with Crippen LogP contribution in [0, 0.1) is 10.1 Å². The van der Waals surface area contributed by atoms with Crippen LogP contribution in [0.25, 0.3) is 0 Å². The number of halogens is 1. The Morgan fingerprint density at radius 1 is 1.20 bits per heavy atom. The van der Waals surface area contributed by atoms with Gasteiger partial charge in [-0.05, 0) is 17.2 Å². The molecule has 20 heavy (non-hydrogen) atoms. The molecule has 104 valence electrons. The van der Waals surface area contributed by atoms with Crippen LogP contribution >= 0.6 is 11.6 Å². The number of nitrogens with one attached hydrogen (secondary N) is 1. The van der Waals surface area contributed by atoms with Gasteiger partial charge in [-0.3, -0.25) is 10.1 Å². The van der Waals surface area contributed by atoms with Gasteiger partial charge in [0.2, 0.25) is 0 Å². The summed E-state index contributed by atoms with van der Waals surface area (Å²) in [4.78, 5) is 10.1. The van der Waals surface area contributed by atoms with E-state index in [1.165, 1.54) is 12.1 Å². The lowest BCUT2D eigenvalue weighted by Gasteiger charge is -2.11. The van der Waals surface area contributed by atoms with E-state index in [1.807, 2.05) is 24.3 Å². The van der Waals surface area contributed by atoms with Crippen molar-refractivity contribution in [3.05, 3.63) is 68.7 Å². The Bertz CT molecular complexity index is 632. The van der Waals surface area contributed by atoms with Gasteiger partial charge in [-0.15, -0.1) is 0 Å². The van der Waals surface area contributed by atoms with Crippen LogP contribution in [0.3, 0.4) is 0 Å². The largest absolute Gasteiger partial charge is 0.392 e. The molecule has 0 saturated carbocycles. The maximum Gasteiger partial charge on any atom is 0.271 e. The van der Waals surface area contributed by atoms with Gasteiger partial charge in [0, 0.05) is 18.7 Å². The first kappa shape index (κ1) is 14.3. The normalized spacial score (nSPS) is 10.3. The van der Waals surface area contributed by atoms with Crippen molar-refractivity contribution in [1.29, 1.82) is 0 Å². The van der Waals surface area contributed by atoms with Crippen LogP contribution in [0.15, 0.2) is 42.5 Å². The Labute approximate surface area is 121 Å². The summed E-state index contributed by atoms with van der Waals surface area (Å²) in [5.74, 6) is 0. The zero-order valence-corrected chi connectivity index (χ0v) is 11.3. The number of hydrogen-bond donors (Lipinski definition) is 2. The van der Waals surface area contributed by atoms with Crippen molar-refractivity contribution in [3.8, 4) is 0 Å². The number of aliphatic hydroxyl groups is 1. The number of non-ortho nitro benzene ring substituents is 1. The molecule has 0 bridgehead atoms. The summed E-state index contributed by atoms with van der Waals surface area (Å²) in [5.41, 5.74) is 2.35. The average molecular weight is 293 g/mol. The highest BCUT2D eigenvalue weighted by molar-refractivity contribution is 6.33. The molecule has 0 atom stereocenters. The molecule has 0 spiro atoms. The summed E-state index contributed by atoms with van der Waals surface area (Å²) in [6, 6.07) is 11.8. The lowest BCUT2D eigenvalue weighted by molar-refractivity contribution is -0.384. The van der Waals surface area contributed by atoms with E-state index in [0.717, 1.165) is 11.1 Å². The van der Waals surface area contributed by atoms with Gasteiger partial charge in [0.05, 0.1) is 22.2 Å². The molecule has 0 unspecified atom stereocenters. The summed E-state index contributed by atoms with van der Waals surface area (Å²) in [6.07, 6.45) is 0. The quantitative estimate of drug-likeness (QED) is 0.654. The SMILES string of the molecule is O=[N+]([O-])c1ccc(NCc2ccccc2CO)c(Cl)c1. The van der Waals surface area contributed by atoms with Crippen molar-refractivity contribution in [2.24, 2.45) is 0 Å². The second kappa shape index (κ2) is 6.36. The fourth-order valence-corrected chi connectivity index (χ4v) is 2.08. The van der Waals surface area contributed by atoms with Crippen LogP contribution in [0.1, 0.15) is 11.1 Å². The Hall–Kier alpha value is -2.11. The number of nitrogens with zero attached hydrogens (tertiary/aromatic N) is 1. The Balaban J connectivity index is 2.13. The first-order valence-electron chi connectivity index (χ1n) is 5.97. The van der Waals surface area contributed by atoms with Crippen molar-refractivity contribution in [3.63, 3.8) is 0 Å². The summed E-state index contributed by atoms with van der Waals surface area (Å²) in [5, 5.41) is 23.3. The minimum absolute atomic E-state index is 0.0359. The van der Waals surface area contributed by atoms with Gasteiger partial charge in [0.25, 0.3) is 5.69 Å². The van der Waals surface area contributed by atoms with Crippen molar-refractivity contribution in [2.75, 3.05) is 5.32 Å². The number of rotatable bonds is 5. The second-order valence-corrected chi connectivity index (χ2v) is 4.61. The maximum atomic E-state index is 10.6. The Kier molecular flexibility index (Phi) is 4.55. The molecule has 0 fully saturated rings. The highest BCUT2D eigenvalue weighted by Crippen LogP contribution is 2.27.